The number of anilines is 1. The van der Waals surface area contributed by atoms with Crippen molar-refractivity contribution in [3.8, 4) is 6.07 Å². The summed E-state index contributed by atoms with van der Waals surface area (Å²) in [5.74, 6) is 0.197. The Morgan fingerprint density at radius 3 is 2.42 bits per heavy atom. The number of hydrogen-bond donors (Lipinski definition) is 1. The average Bonchev–Trinajstić information content (AvgIpc) is 2.82. The second-order valence-electron chi connectivity index (χ2n) is 7.29. The third-order valence-electron chi connectivity index (χ3n) is 5.51. The van der Waals surface area contributed by atoms with Gasteiger partial charge in [-0.2, -0.15) is 5.26 Å². The maximum atomic E-state index is 12.8. The van der Waals surface area contributed by atoms with E-state index >= 15 is 0 Å². The lowest BCUT2D eigenvalue weighted by molar-refractivity contribution is 0.0963. The molecular weight excluding hydrogens is 400 g/mol. The first-order chi connectivity index (χ1) is 14.9. The van der Waals surface area contributed by atoms with Crippen molar-refractivity contribution in [2.75, 3.05) is 25.0 Å². The molecule has 11 nitrogen and oxygen atoms in total. The number of amides is 1. The predicted octanol–water partition coefficient (Wildman–Crippen LogP) is -0.0420. The zero-order chi connectivity index (χ0) is 22.1. The van der Waals surface area contributed by atoms with E-state index in [0.29, 0.717) is 54.2 Å². The molecule has 0 unspecified atom stereocenters. The van der Waals surface area contributed by atoms with Gasteiger partial charge >= 0.3 is 11.1 Å². The van der Waals surface area contributed by atoms with Gasteiger partial charge in [-0.1, -0.05) is 0 Å². The normalized spacial score (nSPS) is 14.4. The number of aryl methyl sites for hydroxylation is 1. The summed E-state index contributed by atoms with van der Waals surface area (Å²) in [6.45, 7) is 1.16. The molecule has 1 amide bonds. The van der Waals surface area contributed by atoms with Gasteiger partial charge in [-0.25, -0.2) is 15.0 Å². The summed E-state index contributed by atoms with van der Waals surface area (Å²) in [6.07, 6.45) is 5.53. The molecule has 0 bridgehead atoms. The molecular formula is C20H20N8O3. The fourth-order valence-electron chi connectivity index (χ4n) is 3.80. The number of hydrogen-bond acceptors (Lipinski definition) is 8. The fraction of sp³-hybridized carbons (Fsp3) is 0.350. The summed E-state index contributed by atoms with van der Waals surface area (Å²) in [6, 6.07) is 3.33. The number of nitriles is 1. The monoisotopic (exact) mass is 420 g/mol. The third kappa shape index (κ3) is 3.52. The minimum atomic E-state index is -0.666. The molecule has 11 heteroatoms. The van der Waals surface area contributed by atoms with E-state index in [1.54, 1.807) is 6.07 Å². The summed E-state index contributed by atoms with van der Waals surface area (Å²) >= 11 is 0. The summed E-state index contributed by atoms with van der Waals surface area (Å²) in [5, 5.41) is 11.4. The van der Waals surface area contributed by atoms with Gasteiger partial charge in [0, 0.05) is 39.4 Å². The van der Waals surface area contributed by atoms with E-state index in [1.165, 1.54) is 41.8 Å². The van der Waals surface area contributed by atoms with Gasteiger partial charge < -0.3 is 14.8 Å². The second kappa shape index (κ2) is 7.98. The van der Waals surface area contributed by atoms with Crippen LogP contribution >= 0.6 is 0 Å². The quantitative estimate of drug-likeness (QED) is 0.582. The Labute approximate surface area is 176 Å². The van der Waals surface area contributed by atoms with Crippen LogP contribution in [-0.2, 0) is 7.05 Å². The molecule has 4 rings (SSSR count). The molecule has 4 heterocycles. The molecule has 3 aromatic rings. The predicted molar refractivity (Wildman–Crippen MR) is 112 cm³/mol. The maximum absolute atomic E-state index is 12.8. The van der Waals surface area contributed by atoms with Crippen molar-refractivity contribution in [3.63, 3.8) is 0 Å². The molecule has 0 spiro atoms. The molecule has 1 saturated heterocycles. The number of aromatic nitrogens is 5. The van der Waals surface area contributed by atoms with Gasteiger partial charge in [0.25, 0.3) is 5.91 Å². The van der Waals surface area contributed by atoms with E-state index in [2.05, 4.69) is 20.3 Å². The van der Waals surface area contributed by atoms with Crippen LogP contribution in [0.2, 0.25) is 0 Å². The Morgan fingerprint density at radius 1 is 1.13 bits per heavy atom. The number of rotatable bonds is 3. The SMILES string of the molecule is CNC(=O)c1cnc2c(c1)n(C)c(=O)c(=O)n2C1CCN(c2ncc(C#N)cn2)CC1. The topological polar surface area (TPSA) is 139 Å². The molecule has 1 fully saturated rings. The molecule has 31 heavy (non-hydrogen) atoms. The molecule has 0 aromatic carbocycles. The van der Waals surface area contributed by atoms with Gasteiger partial charge in [0.15, 0.2) is 5.65 Å². The van der Waals surface area contributed by atoms with E-state index in [1.807, 2.05) is 11.0 Å². The Morgan fingerprint density at radius 2 is 1.81 bits per heavy atom. The number of fused-ring (bicyclic) bond motifs is 1. The lowest BCUT2D eigenvalue weighted by Gasteiger charge is -2.33. The van der Waals surface area contributed by atoms with Crippen molar-refractivity contribution in [1.29, 1.82) is 5.26 Å². The van der Waals surface area contributed by atoms with Gasteiger partial charge in [0.1, 0.15) is 6.07 Å². The van der Waals surface area contributed by atoms with Crippen LogP contribution < -0.4 is 21.3 Å². The number of carbonyl (C=O) groups is 1. The molecule has 0 aliphatic carbocycles. The fourth-order valence-corrected chi connectivity index (χ4v) is 3.80. The molecule has 0 saturated carbocycles. The summed E-state index contributed by atoms with van der Waals surface area (Å²) in [5.41, 5.74) is 0.183. The van der Waals surface area contributed by atoms with Crippen molar-refractivity contribution >= 4 is 23.0 Å². The van der Waals surface area contributed by atoms with Crippen LogP contribution in [0.3, 0.4) is 0 Å². The molecule has 1 aliphatic heterocycles. The standard InChI is InChI=1S/C20H20N8O3/c1-22-17(29)13-7-15-16(23-11-13)28(19(31)18(30)26(15)2)14-3-5-27(6-4-14)20-24-9-12(8-21)10-25-20/h7,9-11,14H,3-6H2,1-2H3,(H,22,29). The van der Waals surface area contributed by atoms with Gasteiger partial charge in [0.05, 0.1) is 29.0 Å². The number of pyridine rings is 1. The molecule has 0 atom stereocenters. The second-order valence-corrected chi connectivity index (χ2v) is 7.29. The van der Waals surface area contributed by atoms with Crippen molar-refractivity contribution in [1.82, 2.24) is 29.4 Å². The van der Waals surface area contributed by atoms with E-state index in [0.717, 1.165) is 0 Å². The number of nitrogens with zero attached hydrogens (tertiary/aromatic N) is 7. The minimum Gasteiger partial charge on any atom is -0.355 e. The molecule has 1 aliphatic rings. The molecule has 158 valence electrons. The van der Waals surface area contributed by atoms with E-state index in [-0.39, 0.29) is 11.9 Å². The minimum absolute atomic E-state index is 0.225. The Kier molecular flexibility index (Phi) is 5.21. The highest BCUT2D eigenvalue weighted by Crippen LogP contribution is 2.25. The summed E-state index contributed by atoms with van der Waals surface area (Å²) in [7, 11) is 3.01. The first-order valence-corrected chi connectivity index (χ1v) is 9.75. The summed E-state index contributed by atoms with van der Waals surface area (Å²) in [4.78, 5) is 52.2. The smallest absolute Gasteiger partial charge is 0.318 e. The highest BCUT2D eigenvalue weighted by molar-refractivity contribution is 5.96. The zero-order valence-electron chi connectivity index (χ0n) is 17.1. The Hall–Kier alpha value is -4.07. The number of piperidine rings is 1. The number of carbonyl (C=O) groups excluding carboxylic acids is 1. The zero-order valence-corrected chi connectivity index (χ0v) is 17.1. The molecule has 0 radical (unpaired) electrons. The van der Waals surface area contributed by atoms with Crippen molar-refractivity contribution in [3.05, 3.63) is 56.5 Å². The van der Waals surface area contributed by atoms with Crippen molar-refractivity contribution in [2.45, 2.75) is 18.9 Å². The van der Waals surface area contributed by atoms with Crippen LogP contribution in [-0.4, -0.2) is 50.1 Å². The highest BCUT2D eigenvalue weighted by Gasteiger charge is 2.26. The van der Waals surface area contributed by atoms with Crippen LogP contribution in [0.5, 0.6) is 0 Å². The van der Waals surface area contributed by atoms with Crippen molar-refractivity contribution in [2.24, 2.45) is 7.05 Å². The molecule has 1 N–H and O–H groups in total. The Bertz CT molecular complexity index is 1310. The van der Waals surface area contributed by atoms with Gasteiger partial charge in [-0.3, -0.25) is 19.0 Å². The largest absolute Gasteiger partial charge is 0.355 e. The van der Waals surface area contributed by atoms with Crippen LogP contribution in [0.1, 0.15) is 34.8 Å². The van der Waals surface area contributed by atoms with Crippen LogP contribution in [0.15, 0.2) is 34.2 Å². The lowest BCUT2D eigenvalue weighted by atomic mass is 10.0. The Balaban J connectivity index is 1.68. The summed E-state index contributed by atoms with van der Waals surface area (Å²) < 4.78 is 2.68. The average molecular weight is 420 g/mol. The molecule has 3 aromatic heterocycles. The highest BCUT2D eigenvalue weighted by atomic mass is 16.2. The first-order valence-electron chi connectivity index (χ1n) is 9.75. The van der Waals surface area contributed by atoms with Crippen molar-refractivity contribution < 1.29 is 4.79 Å². The van der Waals surface area contributed by atoms with Crippen LogP contribution in [0, 0.1) is 11.3 Å². The third-order valence-corrected chi connectivity index (χ3v) is 5.51. The number of nitrogens with one attached hydrogen (secondary N) is 1. The first kappa shape index (κ1) is 20.2. The van der Waals surface area contributed by atoms with Crippen LogP contribution in [0.4, 0.5) is 5.95 Å². The van der Waals surface area contributed by atoms with Gasteiger partial charge in [-0.05, 0) is 18.9 Å². The van der Waals surface area contributed by atoms with Crippen LogP contribution in [0.25, 0.3) is 11.2 Å². The lowest BCUT2D eigenvalue weighted by Crippen LogP contribution is -2.45. The maximum Gasteiger partial charge on any atom is 0.318 e. The van der Waals surface area contributed by atoms with Gasteiger partial charge in [-0.15, -0.1) is 0 Å². The van der Waals surface area contributed by atoms with E-state index in [9.17, 15) is 14.4 Å². The van der Waals surface area contributed by atoms with Gasteiger partial charge in [0.2, 0.25) is 5.95 Å². The van der Waals surface area contributed by atoms with E-state index < -0.39 is 11.1 Å². The van der Waals surface area contributed by atoms with E-state index in [4.69, 9.17) is 5.26 Å².